The van der Waals surface area contributed by atoms with Crippen LogP contribution in [-0.4, -0.2) is 29.8 Å². The summed E-state index contributed by atoms with van der Waals surface area (Å²) in [5, 5.41) is 0. The Labute approximate surface area is 97.8 Å². The molecular formula is C10H7F6NO. The zero-order valence-corrected chi connectivity index (χ0v) is 8.72. The van der Waals surface area contributed by atoms with Crippen molar-refractivity contribution in [3.8, 4) is 0 Å². The van der Waals surface area contributed by atoms with Crippen LogP contribution in [0.15, 0.2) is 30.3 Å². The number of rotatable bonds is 3. The molecule has 0 unspecified atom stereocenters. The van der Waals surface area contributed by atoms with Gasteiger partial charge in [-0.05, 0) is 0 Å². The van der Waals surface area contributed by atoms with Crippen molar-refractivity contribution in [2.24, 2.45) is 0 Å². The molecule has 0 radical (unpaired) electrons. The molecule has 1 aromatic rings. The Morgan fingerprint density at radius 2 is 1.39 bits per heavy atom. The fourth-order valence-corrected chi connectivity index (χ4v) is 1.18. The molecule has 0 aliphatic carbocycles. The van der Waals surface area contributed by atoms with Crippen LogP contribution in [0.25, 0.3) is 0 Å². The lowest BCUT2D eigenvalue weighted by atomic mass is 10.1. The van der Waals surface area contributed by atoms with Gasteiger partial charge in [-0.25, -0.2) is 0 Å². The van der Waals surface area contributed by atoms with Gasteiger partial charge in [-0.3, -0.25) is 4.79 Å². The maximum Gasteiger partial charge on any atom is 0.467 e. The number of carbonyl (C=O) groups excluding carboxylic acids is 1. The Morgan fingerprint density at radius 3 is 1.78 bits per heavy atom. The largest absolute Gasteiger partial charge is 0.467 e. The summed E-state index contributed by atoms with van der Waals surface area (Å²) in [5.41, 5.74) is -0.212. The molecule has 0 aromatic heterocycles. The number of halogens is 6. The summed E-state index contributed by atoms with van der Waals surface area (Å²) in [4.78, 5) is 9.55. The Morgan fingerprint density at radius 1 is 0.944 bits per heavy atom. The molecule has 0 fully saturated rings. The normalized spacial score (nSPS) is 12.8. The van der Waals surface area contributed by atoms with Crippen molar-refractivity contribution in [1.82, 2.24) is 4.90 Å². The molecule has 0 atom stereocenters. The first-order valence-corrected chi connectivity index (χ1v) is 4.62. The molecule has 0 saturated carbocycles. The van der Waals surface area contributed by atoms with E-state index in [0.717, 1.165) is 12.1 Å². The van der Waals surface area contributed by atoms with Gasteiger partial charge in [0.1, 0.15) is 0 Å². The number of hydrogen-bond donors (Lipinski definition) is 0. The summed E-state index contributed by atoms with van der Waals surface area (Å²) >= 11 is 0. The number of hydrogen-bond acceptors (Lipinski definition) is 2. The van der Waals surface area contributed by atoms with Crippen LogP contribution >= 0.6 is 0 Å². The van der Waals surface area contributed by atoms with Gasteiger partial charge in [0.15, 0.2) is 5.78 Å². The van der Waals surface area contributed by atoms with Crippen molar-refractivity contribution in [3.05, 3.63) is 35.9 Å². The van der Waals surface area contributed by atoms with E-state index in [1.165, 1.54) is 18.2 Å². The average Bonchev–Trinajstić information content (AvgIpc) is 2.23. The third-order valence-electron chi connectivity index (χ3n) is 2.01. The molecule has 2 nitrogen and oxygen atoms in total. The molecule has 1 aromatic carbocycles. The van der Waals surface area contributed by atoms with Crippen molar-refractivity contribution in [1.29, 1.82) is 0 Å². The smallest absolute Gasteiger partial charge is 0.293 e. The highest BCUT2D eigenvalue weighted by Crippen LogP contribution is 2.33. The van der Waals surface area contributed by atoms with Gasteiger partial charge >= 0.3 is 12.6 Å². The fraction of sp³-hybridized carbons (Fsp3) is 0.300. The minimum absolute atomic E-state index is 0.212. The molecule has 0 amide bonds. The van der Waals surface area contributed by atoms with Crippen LogP contribution < -0.4 is 0 Å². The minimum Gasteiger partial charge on any atom is -0.293 e. The van der Waals surface area contributed by atoms with Crippen LogP contribution in [0.3, 0.4) is 0 Å². The summed E-state index contributed by atoms with van der Waals surface area (Å²) in [6, 6.07) is 6.47. The SMILES string of the molecule is O=C(CN(C(F)(F)F)C(F)(F)F)c1ccccc1. The first kappa shape index (κ1) is 14.5. The van der Waals surface area contributed by atoms with Gasteiger partial charge in [0, 0.05) is 5.56 Å². The van der Waals surface area contributed by atoms with Crippen LogP contribution in [0.5, 0.6) is 0 Å². The first-order valence-electron chi connectivity index (χ1n) is 4.62. The van der Waals surface area contributed by atoms with Gasteiger partial charge in [-0.15, -0.1) is 4.90 Å². The zero-order valence-electron chi connectivity index (χ0n) is 8.72. The number of Topliss-reactive ketones (excluding diaryl/α,β-unsaturated/α-hetero) is 1. The molecule has 0 heterocycles. The maximum absolute atomic E-state index is 12.1. The van der Waals surface area contributed by atoms with Gasteiger partial charge in [0.05, 0.1) is 6.54 Å². The molecule has 0 bridgehead atoms. The molecule has 0 aliphatic rings. The zero-order chi connectivity index (χ0) is 14.0. The molecule has 0 N–H and O–H groups in total. The van der Waals surface area contributed by atoms with E-state index in [-0.39, 0.29) is 5.56 Å². The summed E-state index contributed by atoms with van der Waals surface area (Å²) in [6.45, 7) is -1.79. The third kappa shape index (κ3) is 3.73. The lowest BCUT2D eigenvalue weighted by Crippen LogP contribution is -2.50. The van der Waals surface area contributed by atoms with E-state index < -0.39 is 29.8 Å². The molecule has 18 heavy (non-hydrogen) atoms. The molecular weight excluding hydrogens is 264 g/mol. The van der Waals surface area contributed by atoms with E-state index in [2.05, 4.69) is 0 Å². The Kier molecular flexibility index (Phi) is 4.00. The first-order chi connectivity index (χ1) is 8.12. The number of ketones is 1. The molecule has 0 saturated heterocycles. The lowest BCUT2D eigenvalue weighted by Gasteiger charge is -2.25. The minimum atomic E-state index is -5.65. The monoisotopic (exact) mass is 271 g/mol. The van der Waals surface area contributed by atoms with E-state index in [4.69, 9.17) is 0 Å². The van der Waals surface area contributed by atoms with Crippen LogP contribution in [-0.2, 0) is 0 Å². The van der Waals surface area contributed by atoms with Crippen LogP contribution in [0.2, 0.25) is 0 Å². The quantitative estimate of drug-likeness (QED) is 0.478. The predicted molar refractivity (Wildman–Crippen MR) is 49.6 cm³/mol. The fourth-order valence-electron chi connectivity index (χ4n) is 1.18. The second-order valence-corrected chi connectivity index (χ2v) is 3.31. The van der Waals surface area contributed by atoms with Crippen molar-refractivity contribution >= 4 is 5.78 Å². The second-order valence-electron chi connectivity index (χ2n) is 3.31. The Hall–Kier alpha value is -1.57. The molecule has 1 rings (SSSR count). The highest BCUT2D eigenvalue weighted by Gasteiger charge is 2.54. The number of alkyl halides is 6. The van der Waals surface area contributed by atoms with Crippen molar-refractivity contribution in [2.75, 3.05) is 6.54 Å². The third-order valence-corrected chi connectivity index (χ3v) is 2.01. The van der Waals surface area contributed by atoms with Crippen molar-refractivity contribution in [3.63, 3.8) is 0 Å². The maximum atomic E-state index is 12.1. The van der Waals surface area contributed by atoms with E-state index in [1.807, 2.05) is 0 Å². The van der Waals surface area contributed by atoms with Crippen LogP contribution in [0.4, 0.5) is 26.3 Å². The van der Waals surface area contributed by atoms with Gasteiger partial charge in [0.25, 0.3) is 0 Å². The van der Waals surface area contributed by atoms with E-state index in [1.54, 1.807) is 0 Å². The van der Waals surface area contributed by atoms with Crippen LogP contribution in [0.1, 0.15) is 10.4 Å². The molecule has 0 spiro atoms. The van der Waals surface area contributed by atoms with Crippen molar-refractivity contribution < 1.29 is 31.1 Å². The topological polar surface area (TPSA) is 20.3 Å². The molecule has 8 heteroatoms. The summed E-state index contributed by atoms with van der Waals surface area (Å²) in [7, 11) is 0. The standard InChI is InChI=1S/C10H7F6NO/c11-9(12,13)17(10(14,15)16)6-8(18)7-4-2-1-3-5-7/h1-5H,6H2. The van der Waals surface area contributed by atoms with Gasteiger partial charge in [-0.1, -0.05) is 30.3 Å². The van der Waals surface area contributed by atoms with E-state index in [0.29, 0.717) is 0 Å². The van der Waals surface area contributed by atoms with Gasteiger partial charge in [0.2, 0.25) is 0 Å². The number of benzene rings is 1. The molecule has 0 aliphatic heterocycles. The van der Waals surface area contributed by atoms with Crippen LogP contribution in [0, 0.1) is 0 Å². The summed E-state index contributed by atoms with van der Waals surface area (Å²) in [5.74, 6) is -1.26. The highest BCUT2D eigenvalue weighted by atomic mass is 19.4. The highest BCUT2D eigenvalue weighted by molar-refractivity contribution is 5.97. The average molecular weight is 271 g/mol. The molecule has 100 valence electrons. The lowest BCUT2D eigenvalue weighted by molar-refractivity contribution is -0.368. The summed E-state index contributed by atoms with van der Waals surface area (Å²) in [6.07, 6.45) is -11.3. The number of carbonyl (C=O) groups is 1. The predicted octanol–water partition coefficient (Wildman–Crippen LogP) is 3.21. The Balaban J connectivity index is 2.90. The number of nitrogens with zero attached hydrogens (tertiary/aromatic N) is 1. The van der Waals surface area contributed by atoms with Crippen molar-refractivity contribution in [2.45, 2.75) is 12.6 Å². The van der Waals surface area contributed by atoms with E-state index in [9.17, 15) is 31.1 Å². The van der Waals surface area contributed by atoms with Gasteiger partial charge in [-0.2, -0.15) is 26.3 Å². The summed E-state index contributed by atoms with van der Waals surface area (Å²) < 4.78 is 72.9. The van der Waals surface area contributed by atoms with Gasteiger partial charge < -0.3 is 0 Å². The Bertz CT molecular complexity index is 397. The second kappa shape index (κ2) is 4.97. The van der Waals surface area contributed by atoms with E-state index >= 15 is 0 Å².